The second kappa shape index (κ2) is 5.96. The molecule has 3 rings (SSSR count). The first kappa shape index (κ1) is 13.0. The number of carbonyl (C=O) groups is 1. The summed E-state index contributed by atoms with van der Waals surface area (Å²) >= 11 is 0. The molecule has 0 aliphatic rings. The van der Waals surface area contributed by atoms with Crippen molar-refractivity contribution in [3.8, 4) is 0 Å². The van der Waals surface area contributed by atoms with Gasteiger partial charge in [-0.25, -0.2) is 0 Å². The molecule has 1 N–H and O–H groups in total. The van der Waals surface area contributed by atoms with E-state index in [4.69, 9.17) is 0 Å². The molecule has 1 amide bonds. The third kappa shape index (κ3) is 2.94. The number of hydrogen-bond donors (Lipinski definition) is 1. The van der Waals surface area contributed by atoms with E-state index in [2.05, 4.69) is 20.6 Å². The van der Waals surface area contributed by atoms with Gasteiger partial charge in [0.1, 0.15) is 0 Å². The van der Waals surface area contributed by atoms with Gasteiger partial charge in [0.2, 0.25) is 5.91 Å². The first-order chi connectivity index (χ1) is 10.3. The van der Waals surface area contributed by atoms with Gasteiger partial charge in [0.05, 0.1) is 6.42 Å². The summed E-state index contributed by atoms with van der Waals surface area (Å²) in [4.78, 5) is 14.3. The van der Waals surface area contributed by atoms with Crippen LogP contribution >= 0.6 is 0 Å². The summed E-state index contributed by atoms with van der Waals surface area (Å²) in [6.07, 6.45) is 0.0836. The standard InChI is InChI=1S/C15H13N5O/c21-15(11-14-16-18-19-17-14)20(12-7-3-1-4-8-12)13-9-5-2-6-10-13/h1-10H,11H2,(H,16,17,18,19). The minimum Gasteiger partial charge on any atom is -0.281 e. The van der Waals surface area contributed by atoms with E-state index in [1.54, 1.807) is 4.90 Å². The Balaban J connectivity index is 1.95. The predicted molar refractivity (Wildman–Crippen MR) is 77.9 cm³/mol. The lowest BCUT2D eigenvalue weighted by Crippen LogP contribution is -2.27. The highest BCUT2D eigenvalue weighted by Crippen LogP contribution is 2.25. The Morgan fingerprint density at radius 1 is 0.952 bits per heavy atom. The number of para-hydroxylation sites is 2. The van der Waals surface area contributed by atoms with Gasteiger partial charge < -0.3 is 0 Å². The molecule has 0 fully saturated rings. The molecule has 0 saturated carbocycles. The minimum absolute atomic E-state index is 0.0836. The van der Waals surface area contributed by atoms with Gasteiger partial charge in [-0.3, -0.25) is 9.69 Å². The Morgan fingerprint density at radius 2 is 1.52 bits per heavy atom. The van der Waals surface area contributed by atoms with Crippen LogP contribution in [0, 0.1) is 0 Å². The van der Waals surface area contributed by atoms with Crippen LogP contribution in [0.5, 0.6) is 0 Å². The zero-order valence-corrected chi connectivity index (χ0v) is 11.2. The molecule has 104 valence electrons. The molecule has 0 saturated heterocycles. The average Bonchev–Trinajstić information content (AvgIpc) is 3.02. The van der Waals surface area contributed by atoms with E-state index in [-0.39, 0.29) is 12.3 Å². The number of anilines is 2. The third-order valence-corrected chi connectivity index (χ3v) is 2.98. The van der Waals surface area contributed by atoms with E-state index in [0.29, 0.717) is 5.82 Å². The number of aromatic amines is 1. The number of nitrogens with one attached hydrogen (secondary N) is 1. The van der Waals surface area contributed by atoms with E-state index in [9.17, 15) is 4.79 Å². The van der Waals surface area contributed by atoms with Crippen LogP contribution in [0.15, 0.2) is 60.7 Å². The molecule has 3 aromatic rings. The summed E-state index contributed by atoms with van der Waals surface area (Å²) in [6, 6.07) is 19.0. The Labute approximate surface area is 121 Å². The van der Waals surface area contributed by atoms with Crippen LogP contribution < -0.4 is 4.90 Å². The van der Waals surface area contributed by atoms with Crippen LogP contribution in [0.1, 0.15) is 5.82 Å². The van der Waals surface area contributed by atoms with Gasteiger partial charge in [-0.1, -0.05) is 41.6 Å². The quantitative estimate of drug-likeness (QED) is 0.793. The molecule has 21 heavy (non-hydrogen) atoms. The second-order valence-electron chi connectivity index (χ2n) is 4.41. The summed E-state index contributed by atoms with van der Waals surface area (Å²) in [7, 11) is 0. The van der Waals surface area contributed by atoms with Crippen molar-refractivity contribution in [2.45, 2.75) is 6.42 Å². The van der Waals surface area contributed by atoms with Gasteiger partial charge in [-0.15, -0.1) is 10.2 Å². The molecular weight excluding hydrogens is 266 g/mol. The van der Waals surface area contributed by atoms with E-state index in [1.165, 1.54) is 0 Å². The zero-order valence-electron chi connectivity index (χ0n) is 11.2. The average molecular weight is 279 g/mol. The maximum atomic E-state index is 12.6. The molecule has 0 spiro atoms. The van der Waals surface area contributed by atoms with Gasteiger partial charge in [0.15, 0.2) is 5.82 Å². The summed E-state index contributed by atoms with van der Waals surface area (Å²) < 4.78 is 0. The summed E-state index contributed by atoms with van der Waals surface area (Å²) in [5, 5.41) is 13.5. The Hall–Kier alpha value is -3.02. The van der Waals surface area contributed by atoms with E-state index in [0.717, 1.165) is 11.4 Å². The molecule has 0 aliphatic heterocycles. The smallest absolute Gasteiger partial charge is 0.239 e. The van der Waals surface area contributed by atoms with Crippen molar-refractivity contribution in [3.05, 3.63) is 66.5 Å². The first-order valence-corrected chi connectivity index (χ1v) is 6.50. The third-order valence-electron chi connectivity index (χ3n) is 2.98. The lowest BCUT2D eigenvalue weighted by molar-refractivity contribution is -0.117. The van der Waals surface area contributed by atoms with Gasteiger partial charge in [0, 0.05) is 11.4 Å². The lowest BCUT2D eigenvalue weighted by Gasteiger charge is -2.22. The highest BCUT2D eigenvalue weighted by atomic mass is 16.2. The second-order valence-corrected chi connectivity index (χ2v) is 4.41. The van der Waals surface area contributed by atoms with Gasteiger partial charge in [-0.05, 0) is 24.3 Å². The molecule has 6 heteroatoms. The maximum Gasteiger partial charge on any atom is 0.239 e. The zero-order chi connectivity index (χ0) is 14.5. The number of rotatable bonds is 4. The fourth-order valence-corrected chi connectivity index (χ4v) is 2.06. The molecule has 2 aromatic carbocycles. The monoisotopic (exact) mass is 279 g/mol. The van der Waals surface area contributed by atoms with E-state index < -0.39 is 0 Å². The van der Waals surface area contributed by atoms with Crippen molar-refractivity contribution in [3.63, 3.8) is 0 Å². The Bertz CT molecular complexity index is 658. The Kier molecular flexibility index (Phi) is 3.68. The molecule has 0 bridgehead atoms. The van der Waals surface area contributed by atoms with Crippen LogP contribution in [-0.4, -0.2) is 26.5 Å². The number of H-pyrrole nitrogens is 1. The number of benzene rings is 2. The van der Waals surface area contributed by atoms with Crippen molar-refractivity contribution in [2.24, 2.45) is 0 Å². The van der Waals surface area contributed by atoms with E-state index >= 15 is 0 Å². The fraction of sp³-hybridized carbons (Fsp3) is 0.0667. The van der Waals surface area contributed by atoms with Crippen LogP contribution in [0.4, 0.5) is 11.4 Å². The molecule has 1 heterocycles. The largest absolute Gasteiger partial charge is 0.281 e. The van der Waals surface area contributed by atoms with Crippen molar-refractivity contribution >= 4 is 17.3 Å². The van der Waals surface area contributed by atoms with Crippen molar-refractivity contribution in [1.82, 2.24) is 20.6 Å². The highest BCUT2D eigenvalue weighted by Gasteiger charge is 2.19. The first-order valence-electron chi connectivity index (χ1n) is 6.50. The molecule has 0 unspecified atom stereocenters. The van der Waals surface area contributed by atoms with Gasteiger partial charge in [0.25, 0.3) is 0 Å². The van der Waals surface area contributed by atoms with Crippen molar-refractivity contribution in [1.29, 1.82) is 0 Å². The minimum atomic E-state index is -0.117. The number of amides is 1. The van der Waals surface area contributed by atoms with Crippen molar-refractivity contribution < 1.29 is 4.79 Å². The summed E-state index contributed by atoms with van der Waals surface area (Å²) in [5.74, 6) is 0.255. The topological polar surface area (TPSA) is 74.8 Å². The summed E-state index contributed by atoms with van der Waals surface area (Å²) in [6.45, 7) is 0. The van der Waals surface area contributed by atoms with Crippen LogP contribution in [0.2, 0.25) is 0 Å². The number of tetrazole rings is 1. The normalized spacial score (nSPS) is 10.3. The summed E-state index contributed by atoms with van der Waals surface area (Å²) in [5.41, 5.74) is 1.61. The Morgan fingerprint density at radius 3 is 2.00 bits per heavy atom. The number of nitrogens with zero attached hydrogens (tertiary/aromatic N) is 4. The van der Waals surface area contributed by atoms with Crippen LogP contribution in [-0.2, 0) is 11.2 Å². The molecule has 1 aromatic heterocycles. The van der Waals surface area contributed by atoms with E-state index in [1.807, 2.05) is 60.7 Å². The number of hydrogen-bond acceptors (Lipinski definition) is 4. The number of aromatic nitrogens is 4. The van der Waals surface area contributed by atoms with Crippen LogP contribution in [0.3, 0.4) is 0 Å². The van der Waals surface area contributed by atoms with Crippen LogP contribution in [0.25, 0.3) is 0 Å². The van der Waals surface area contributed by atoms with Crippen molar-refractivity contribution in [2.75, 3.05) is 4.90 Å². The molecule has 0 atom stereocenters. The molecule has 0 aliphatic carbocycles. The lowest BCUT2D eigenvalue weighted by atomic mass is 10.2. The molecular formula is C15H13N5O. The number of carbonyl (C=O) groups excluding carboxylic acids is 1. The molecule has 6 nitrogen and oxygen atoms in total. The fourth-order valence-electron chi connectivity index (χ4n) is 2.06. The predicted octanol–water partition coefficient (Wildman–Crippen LogP) is 2.11. The van der Waals surface area contributed by atoms with Gasteiger partial charge >= 0.3 is 0 Å². The maximum absolute atomic E-state index is 12.6. The highest BCUT2D eigenvalue weighted by molar-refractivity contribution is 6.01. The SMILES string of the molecule is O=C(Cc1nn[nH]n1)N(c1ccccc1)c1ccccc1. The molecule has 0 radical (unpaired) electrons. The van der Waals surface area contributed by atoms with Gasteiger partial charge in [-0.2, -0.15) is 5.21 Å².